The number of hydrogen-bond donors (Lipinski definition) is 1. The molecule has 0 aliphatic carbocycles. The zero-order chi connectivity index (χ0) is 19.4. The van der Waals surface area contributed by atoms with E-state index in [9.17, 15) is 4.39 Å². The first-order valence-electron chi connectivity index (χ1n) is 8.56. The van der Waals surface area contributed by atoms with Crippen molar-refractivity contribution in [3.8, 4) is 11.5 Å². The van der Waals surface area contributed by atoms with Crippen LogP contribution in [0.2, 0.25) is 0 Å². The molecule has 1 N–H and O–H groups in total. The van der Waals surface area contributed by atoms with Gasteiger partial charge in [0.25, 0.3) is 0 Å². The van der Waals surface area contributed by atoms with Crippen molar-refractivity contribution in [2.24, 2.45) is 0 Å². The topological polar surface area (TPSA) is 56.3 Å². The van der Waals surface area contributed by atoms with Crippen LogP contribution in [0, 0.1) is 12.7 Å². The molecule has 7 heteroatoms. The van der Waals surface area contributed by atoms with Crippen LogP contribution in [0.1, 0.15) is 34.7 Å². The summed E-state index contributed by atoms with van der Waals surface area (Å²) in [7, 11) is 3.25. The number of rotatable bonds is 7. The summed E-state index contributed by atoms with van der Waals surface area (Å²) in [6, 6.07) is 10.4. The summed E-state index contributed by atoms with van der Waals surface area (Å²) < 4.78 is 23.8. The molecule has 27 heavy (non-hydrogen) atoms. The number of halogens is 1. The third-order valence-electron chi connectivity index (χ3n) is 4.31. The minimum atomic E-state index is -0.238. The lowest BCUT2D eigenvalue weighted by molar-refractivity contribution is 0.354. The zero-order valence-electron chi connectivity index (χ0n) is 15.7. The number of aromatic nitrogens is 2. The Labute approximate surface area is 162 Å². The molecule has 2 aromatic carbocycles. The highest BCUT2D eigenvalue weighted by atomic mass is 32.1. The number of nitrogens with zero attached hydrogens (tertiary/aromatic N) is 2. The Hall–Kier alpha value is -2.67. The summed E-state index contributed by atoms with van der Waals surface area (Å²) in [6.07, 6.45) is 0.628. The Balaban J connectivity index is 1.72. The second-order valence-corrected chi connectivity index (χ2v) is 7.30. The SMILES string of the molecule is COc1cc(C)c(C(C)Nc2nnc(Cc3ccc(F)cc3)s2)cc1OC. The van der Waals surface area contributed by atoms with Crippen molar-refractivity contribution in [2.75, 3.05) is 19.5 Å². The van der Waals surface area contributed by atoms with Crippen molar-refractivity contribution in [2.45, 2.75) is 26.3 Å². The Morgan fingerprint density at radius 1 is 1.07 bits per heavy atom. The molecule has 0 amide bonds. The Morgan fingerprint density at radius 3 is 2.41 bits per heavy atom. The molecule has 0 aliphatic heterocycles. The molecule has 1 unspecified atom stereocenters. The first-order chi connectivity index (χ1) is 13.0. The average Bonchev–Trinajstić information content (AvgIpc) is 3.10. The van der Waals surface area contributed by atoms with E-state index >= 15 is 0 Å². The van der Waals surface area contributed by atoms with Gasteiger partial charge in [-0.1, -0.05) is 23.5 Å². The van der Waals surface area contributed by atoms with Gasteiger partial charge < -0.3 is 14.8 Å². The zero-order valence-corrected chi connectivity index (χ0v) is 16.6. The average molecular weight is 387 g/mol. The van der Waals surface area contributed by atoms with Crippen molar-refractivity contribution in [3.63, 3.8) is 0 Å². The summed E-state index contributed by atoms with van der Waals surface area (Å²) in [5.41, 5.74) is 3.20. The molecule has 3 rings (SSSR count). The Kier molecular flexibility index (Phi) is 5.91. The van der Waals surface area contributed by atoms with Gasteiger partial charge in [0, 0.05) is 6.42 Å². The fourth-order valence-electron chi connectivity index (χ4n) is 2.89. The molecule has 0 saturated carbocycles. The van der Waals surface area contributed by atoms with Crippen LogP contribution in [0.4, 0.5) is 9.52 Å². The van der Waals surface area contributed by atoms with E-state index in [0.29, 0.717) is 17.9 Å². The van der Waals surface area contributed by atoms with Crippen LogP contribution in [-0.2, 0) is 6.42 Å². The van der Waals surface area contributed by atoms with Gasteiger partial charge in [-0.25, -0.2) is 4.39 Å². The molecule has 0 fully saturated rings. The van der Waals surface area contributed by atoms with Gasteiger partial charge in [-0.15, -0.1) is 10.2 Å². The maximum absolute atomic E-state index is 13.0. The molecule has 0 spiro atoms. The van der Waals surface area contributed by atoms with E-state index in [1.807, 2.05) is 19.1 Å². The number of methoxy groups -OCH3 is 2. The van der Waals surface area contributed by atoms with E-state index in [2.05, 4.69) is 22.4 Å². The van der Waals surface area contributed by atoms with Gasteiger partial charge in [-0.2, -0.15) is 0 Å². The molecular weight excluding hydrogens is 365 g/mol. The van der Waals surface area contributed by atoms with E-state index in [1.165, 1.54) is 23.5 Å². The molecule has 0 saturated heterocycles. The molecule has 0 radical (unpaired) electrons. The predicted molar refractivity (Wildman–Crippen MR) is 105 cm³/mol. The quantitative estimate of drug-likeness (QED) is 0.633. The van der Waals surface area contributed by atoms with Crippen LogP contribution < -0.4 is 14.8 Å². The van der Waals surface area contributed by atoms with Crippen LogP contribution in [0.25, 0.3) is 0 Å². The van der Waals surface area contributed by atoms with Crippen molar-refractivity contribution >= 4 is 16.5 Å². The van der Waals surface area contributed by atoms with Gasteiger partial charge in [0.1, 0.15) is 10.8 Å². The first kappa shape index (κ1) is 19.1. The molecule has 142 valence electrons. The predicted octanol–water partition coefficient (Wildman–Crippen LogP) is 4.77. The lowest BCUT2D eigenvalue weighted by Crippen LogP contribution is -2.08. The largest absolute Gasteiger partial charge is 0.493 e. The van der Waals surface area contributed by atoms with Crippen LogP contribution in [-0.4, -0.2) is 24.4 Å². The summed E-state index contributed by atoms with van der Waals surface area (Å²) >= 11 is 1.50. The Bertz CT molecular complexity index is 912. The van der Waals surface area contributed by atoms with Gasteiger partial charge in [-0.3, -0.25) is 0 Å². The monoisotopic (exact) mass is 387 g/mol. The minimum Gasteiger partial charge on any atom is -0.493 e. The van der Waals surface area contributed by atoms with Crippen molar-refractivity contribution < 1.29 is 13.9 Å². The number of aryl methyl sites for hydroxylation is 1. The maximum Gasteiger partial charge on any atom is 0.206 e. The lowest BCUT2D eigenvalue weighted by Gasteiger charge is -2.18. The molecule has 1 aromatic heterocycles. The Morgan fingerprint density at radius 2 is 1.74 bits per heavy atom. The normalized spacial score (nSPS) is 11.9. The fraction of sp³-hybridized carbons (Fsp3) is 0.300. The van der Waals surface area contributed by atoms with Gasteiger partial charge in [0.2, 0.25) is 5.13 Å². The maximum atomic E-state index is 13.0. The van der Waals surface area contributed by atoms with Crippen LogP contribution in [0.3, 0.4) is 0 Å². The third kappa shape index (κ3) is 4.54. The number of ether oxygens (including phenoxy) is 2. The van der Waals surface area contributed by atoms with Gasteiger partial charge in [0.05, 0.1) is 20.3 Å². The number of anilines is 1. The fourth-order valence-corrected chi connectivity index (χ4v) is 3.75. The van der Waals surface area contributed by atoms with E-state index < -0.39 is 0 Å². The van der Waals surface area contributed by atoms with E-state index in [0.717, 1.165) is 26.8 Å². The molecule has 0 aliphatic rings. The van der Waals surface area contributed by atoms with Gasteiger partial charge in [0.15, 0.2) is 11.5 Å². The van der Waals surface area contributed by atoms with Crippen LogP contribution in [0.5, 0.6) is 11.5 Å². The summed E-state index contributed by atoms with van der Waals surface area (Å²) in [5.74, 6) is 1.17. The van der Waals surface area contributed by atoms with E-state index in [-0.39, 0.29) is 11.9 Å². The van der Waals surface area contributed by atoms with Crippen LogP contribution in [0.15, 0.2) is 36.4 Å². The molecule has 5 nitrogen and oxygen atoms in total. The minimum absolute atomic E-state index is 0.0245. The summed E-state index contributed by atoms with van der Waals surface area (Å²) in [6.45, 7) is 4.10. The number of benzene rings is 2. The molecule has 0 bridgehead atoms. The second-order valence-electron chi connectivity index (χ2n) is 6.23. The van der Waals surface area contributed by atoms with Crippen molar-refractivity contribution in [1.29, 1.82) is 0 Å². The highest BCUT2D eigenvalue weighted by molar-refractivity contribution is 7.15. The van der Waals surface area contributed by atoms with Crippen molar-refractivity contribution in [1.82, 2.24) is 10.2 Å². The van der Waals surface area contributed by atoms with E-state index in [4.69, 9.17) is 9.47 Å². The molecule has 3 aromatic rings. The second kappa shape index (κ2) is 8.35. The highest BCUT2D eigenvalue weighted by Gasteiger charge is 2.15. The summed E-state index contributed by atoms with van der Waals surface area (Å²) in [5, 5.41) is 13.5. The number of hydrogen-bond acceptors (Lipinski definition) is 6. The number of nitrogens with one attached hydrogen (secondary N) is 1. The molecule has 1 heterocycles. The van der Waals surface area contributed by atoms with Gasteiger partial charge >= 0.3 is 0 Å². The summed E-state index contributed by atoms with van der Waals surface area (Å²) in [4.78, 5) is 0. The van der Waals surface area contributed by atoms with Gasteiger partial charge in [-0.05, 0) is 54.8 Å². The molecular formula is C20H22FN3O2S. The molecule has 1 atom stereocenters. The van der Waals surface area contributed by atoms with Crippen molar-refractivity contribution in [3.05, 3.63) is 63.9 Å². The lowest BCUT2D eigenvalue weighted by atomic mass is 10.0. The first-order valence-corrected chi connectivity index (χ1v) is 9.37. The third-order valence-corrected chi connectivity index (χ3v) is 5.17. The smallest absolute Gasteiger partial charge is 0.206 e. The van der Waals surface area contributed by atoms with E-state index in [1.54, 1.807) is 26.4 Å². The standard InChI is InChI=1S/C20H22FN3O2S/c1-12-9-17(25-3)18(26-4)11-16(12)13(2)22-20-24-23-19(27-20)10-14-5-7-15(21)8-6-14/h5-9,11,13H,10H2,1-4H3,(H,22,24). The highest BCUT2D eigenvalue weighted by Crippen LogP contribution is 2.34. The van der Waals surface area contributed by atoms with Crippen LogP contribution >= 0.6 is 11.3 Å².